The van der Waals surface area contributed by atoms with E-state index in [9.17, 15) is 0 Å². The molecule has 0 spiro atoms. The highest BCUT2D eigenvalue weighted by atomic mass is 127. The molecule has 0 fully saturated rings. The first-order valence-corrected chi connectivity index (χ1v) is 9.15. The van der Waals surface area contributed by atoms with E-state index < -0.39 is 0 Å². The molecule has 0 amide bonds. The molecule has 0 aliphatic carbocycles. The summed E-state index contributed by atoms with van der Waals surface area (Å²) in [4.78, 5) is 4.72. The van der Waals surface area contributed by atoms with Crippen LogP contribution >= 0.6 is 24.0 Å². The van der Waals surface area contributed by atoms with E-state index in [1.54, 1.807) is 7.11 Å². The van der Waals surface area contributed by atoms with Crippen LogP contribution in [0.5, 0.6) is 0 Å². The Hall–Kier alpha value is -1.61. The van der Waals surface area contributed by atoms with Crippen molar-refractivity contribution in [2.45, 2.75) is 47.3 Å². The van der Waals surface area contributed by atoms with Gasteiger partial charge in [-0.1, -0.05) is 24.3 Å². The number of guanidine groups is 1. The van der Waals surface area contributed by atoms with Crippen molar-refractivity contribution in [3.05, 3.63) is 52.3 Å². The van der Waals surface area contributed by atoms with E-state index in [4.69, 9.17) is 9.73 Å². The molecular formula is C20H32IN5O. The van der Waals surface area contributed by atoms with Crippen molar-refractivity contribution in [1.29, 1.82) is 0 Å². The number of aromatic nitrogens is 2. The summed E-state index contributed by atoms with van der Waals surface area (Å²) in [6.45, 7) is 12.0. The van der Waals surface area contributed by atoms with Crippen LogP contribution in [-0.4, -0.2) is 36.0 Å². The molecule has 2 N–H and O–H groups in total. The second-order valence-electron chi connectivity index (χ2n) is 6.34. The molecule has 0 aliphatic rings. The average Bonchev–Trinajstić information content (AvgIpc) is 2.90. The number of hydrogen-bond acceptors (Lipinski definition) is 3. The number of nitrogens with one attached hydrogen (secondary N) is 2. The molecule has 0 bridgehead atoms. The number of aryl methyl sites for hydroxylation is 2. The molecule has 0 saturated heterocycles. The van der Waals surface area contributed by atoms with Gasteiger partial charge in [-0.2, -0.15) is 5.10 Å². The maximum Gasteiger partial charge on any atom is 0.191 e. The van der Waals surface area contributed by atoms with Gasteiger partial charge in [0.25, 0.3) is 0 Å². The van der Waals surface area contributed by atoms with Gasteiger partial charge in [0.05, 0.1) is 25.4 Å². The molecule has 2 rings (SSSR count). The lowest BCUT2D eigenvalue weighted by atomic mass is 10.1. The first-order chi connectivity index (χ1) is 12.6. The van der Waals surface area contributed by atoms with Gasteiger partial charge in [0.15, 0.2) is 5.96 Å². The molecule has 27 heavy (non-hydrogen) atoms. The molecule has 150 valence electrons. The third-order valence-electron chi connectivity index (χ3n) is 4.48. The highest BCUT2D eigenvalue weighted by molar-refractivity contribution is 14.0. The topological polar surface area (TPSA) is 63.5 Å². The number of methoxy groups -OCH3 is 1. The minimum Gasteiger partial charge on any atom is -0.383 e. The van der Waals surface area contributed by atoms with E-state index >= 15 is 0 Å². The van der Waals surface area contributed by atoms with Gasteiger partial charge in [-0.25, -0.2) is 4.99 Å². The van der Waals surface area contributed by atoms with Gasteiger partial charge in [-0.3, -0.25) is 4.68 Å². The minimum absolute atomic E-state index is 0. The smallest absolute Gasteiger partial charge is 0.191 e. The number of ether oxygens (including phenoxy) is 1. The second kappa shape index (κ2) is 12.0. The van der Waals surface area contributed by atoms with Gasteiger partial charge >= 0.3 is 0 Å². The number of nitrogens with zero attached hydrogens (tertiary/aromatic N) is 3. The third-order valence-corrected chi connectivity index (χ3v) is 4.48. The minimum atomic E-state index is 0. The van der Waals surface area contributed by atoms with E-state index in [0.717, 1.165) is 24.7 Å². The van der Waals surface area contributed by atoms with Crippen LogP contribution in [-0.2, 0) is 24.4 Å². The maximum atomic E-state index is 5.16. The molecular weight excluding hydrogens is 453 g/mol. The van der Waals surface area contributed by atoms with Gasteiger partial charge in [0, 0.05) is 31.5 Å². The summed E-state index contributed by atoms with van der Waals surface area (Å²) >= 11 is 0. The number of benzene rings is 1. The van der Waals surface area contributed by atoms with Crippen molar-refractivity contribution in [2.75, 3.05) is 20.3 Å². The average molecular weight is 485 g/mol. The van der Waals surface area contributed by atoms with Gasteiger partial charge in [-0.05, 0) is 38.8 Å². The lowest BCUT2D eigenvalue weighted by molar-refractivity contribution is 0.182. The standard InChI is InChI=1S/C20H31N5O.HI/c1-6-21-20(22-13-18-10-8-7-9-15(18)2)23-14-19-16(3)24-25(17(19)4)11-12-26-5;/h7-10H,6,11-14H2,1-5H3,(H2,21,22,23);1H. The third kappa shape index (κ3) is 6.80. The fourth-order valence-corrected chi connectivity index (χ4v) is 2.85. The second-order valence-corrected chi connectivity index (χ2v) is 6.34. The van der Waals surface area contributed by atoms with Crippen molar-refractivity contribution in [1.82, 2.24) is 20.4 Å². The number of rotatable bonds is 8. The summed E-state index contributed by atoms with van der Waals surface area (Å²) in [6.07, 6.45) is 0. The summed E-state index contributed by atoms with van der Waals surface area (Å²) < 4.78 is 7.17. The van der Waals surface area contributed by atoms with Crippen LogP contribution in [0.3, 0.4) is 0 Å². The van der Waals surface area contributed by atoms with Gasteiger partial charge in [0.1, 0.15) is 0 Å². The molecule has 0 radical (unpaired) electrons. The lowest BCUT2D eigenvalue weighted by Crippen LogP contribution is -2.37. The molecule has 7 heteroatoms. The number of hydrogen-bond donors (Lipinski definition) is 2. The molecule has 2 aromatic rings. The van der Waals surface area contributed by atoms with E-state index in [1.807, 2.05) is 11.6 Å². The highest BCUT2D eigenvalue weighted by Crippen LogP contribution is 2.13. The zero-order valence-corrected chi connectivity index (χ0v) is 19.3. The Morgan fingerprint density at radius 2 is 1.93 bits per heavy atom. The van der Waals surface area contributed by atoms with Crippen LogP contribution in [0.4, 0.5) is 0 Å². The largest absolute Gasteiger partial charge is 0.383 e. The summed E-state index contributed by atoms with van der Waals surface area (Å²) in [5, 5.41) is 11.4. The molecule has 1 aromatic carbocycles. The molecule has 1 aromatic heterocycles. The fourth-order valence-electron chi connectivity index (χ4n) is 2.85. The maximum absolute atomic E-state index is 5.16. The SMILES string of the molecule is CCNC(=NCc1ccccc1C)NCc1c(C)nn(CCOC)c1C.I. The summed E-state index contributed by atoms with van der Waals surface area (Å²) in [6, 6.07) is 8.35. The van der Waals surface area contributed by atoms with Gasteiger partial charge in [0.2, 0.25) is 0 Å². The Morgan fingerprint density at radius 3 is 2.59 bits per heavy atom. The zero-order chi connectivity index (χ0) is 18.9. The summed E-state index contributed by atoms with van der Waals surface area (Å²) in [7, 11) is 1.71. The van der Waals surface area contributed by atoms with Crippen LogP contribution in [0, 0.1) is 20.8 Å². The van der Waals surface area contributed by atoms with Crippen molar-refractivity contribution in [2.24, 2.45) is 4.99 Å². The fraction of sp³-hybridized carbons (Fsp3) is 0.500. The van der Waals surface area contributed by atoms with E-state index in [-0.39, 0.29) is 24.0 Å². The van der Waals surface area contributed by atoms with Crippen molar-refractivity contribution in [3.63, 3.8) is 0 Å². The quantitative estimate of drug-likeness (QED) is 0.342. The van der Waals surface area contributed by atoms with Crippen molar-refractivity contribution >= 4 is 29.9 Å². The monoisotopic (exact) mass is 485 g/mol. The molecule has 0 atom stereocenters. The Kier molecular flexibility index (Phi) is 10.4. The Labute approximate surface area is 179 Å². The predicted octanol–water partition coefficient (Wildman–Crippen LogP) is 3.33. The highest BCUT2D eigenvalue weighted by Gasteiger charge is 2.11. The van der Waals surface area contributed by atoms with Crippen LogP contribution in [0.15, 0.2) is 29.3 Å². The molecule has 0 unspecified atom stereocenters. The molecule has 0 aliphatic heterocycles. The predicted molar refractivity (Wildman–Crippen MR) is 122 cm³/mol. The van der Waals surface area contributed by atoms with Gasteiger partial charge < -0.3 is 15.4 Å². The normalized spacial score (nSPS) is 11.2. The van der Waals surface area contributed by atoms with E-state index in [2.05, 4.69) is 60.8 Å². The van der Waals surface area contributed by atoms with Crippen LogP contribution in [0.25, 0.3) is 0 Å². The Balaban J connectivity index is 0.00000364. The van der Waals surface area contributed by atoms with Crippen LogP contribution in [0.2, 0.25) is 0 Å². The first-order valence-electron chi connectivity index (χ1n) is 9.15. The van der Waals surface area contributed by atoms with Crippen molar-refractivity contribution in [3.8, 4) is 0 Å². The van der Waals surface area contributed by atoms with Crippen LogP contribution in [0.1, 0.15) is 35.0 Å². The molecule has 0 saturated carbocycles. The Bertz CT molecular complexity index is 742. The zero-order valence-electron chi connectivity index (χ0n) is 17.0. The van der Waals surface area contributed by atoms with E-state index in [1.165, 1.54) is 22.4 Å². The Morgan fingerprint density at radius 1 is 1.19 bits per heavy atom. The van der Waals surface area contributed by atoms with Crippen molar-refractivity contribution < 1.29 is 4.74 Å². The van der Waals surface area contributed by atoms with E-state index in [0.29, 0.717) is 19.7 Å². The lowest BCUT2D eigenvalue weighted by Gasteiger charge is -2.12. The molecule has 6 nitrogen and oxygen atoms in total. The number of halogens is 1. The van der Waals surface area contributed by atoms with Crippen LogP contribution < -0.4 is 10.6 Å². The molecule has 1 heterocycles. The summed E-state index contributed by atoms with van der Waals surface area (Å²) in [5.41, 5.74) is 5.92. The first kappa shape index (κ1) is 23.4. The number of aliphatic imine (C=N–C) groups is 1. The van der Waals surface area contributed by atoms with Gasteiger partial charge in [-0.15, -0.1) is 24.0 Å². The summed E-state index contributed by atoms with van der Waals surface area (Å²) in [5.74, 6) is 0.819.